The summed E-state index contributed by atoms with van der Waals surface area (Å²) in [6.07, 6.45) is 2.96. The van der Waals surface area contributed by atoms with Crippen molar-refractivity contribution in [1.82, 2.24) is 19.7 Å². The highest BCUT2D eigenvalue weighted by atomic mass is 16.2. The van der Waals surface area contributed by atoms with Crippen LogP contribution in [-0.2, 0) is 11.8 Å². The quantitative estimate of drug-likeness (QED) is 0.629. The van der Waals surface area contributed by atoms with Crippen molar-refractivity contribution in [2.45, 2.75) is 46.0 Å². The van der Waals surface area contributed by atoms with Crippen LogP contribution in [-0.4, -0.2) is 44.6 Å². The Balaban J connectivity index is 1.64. The number of benzene rings is 1. The molecule has 31 heavy (non-hydrogen) atoms. The molecule has 1 saturated carbocycles. The van der Waals surface area contributed by atoms with E-state index >= 15 is 0 Å². The van der Waals surface area contributed by atoms with Crippen molar-refractivity contribution >= 4 is 28.5 Å². The molecule has 162 valence electrons. The number of carbonyl (C=O) groups is 2. The molecule has 3 aromatic rings. The Labute approximate surface area is 182 Å². The van der Waals surface area contributed by atoms with Gasteiger partial charge in [0.15, 0.2) is 5.65 Å². The lowest BCUT2D eigenvalue weighted by Crippen LogP contribution is -2.38. The molecular formula is C24H29N5O2. The Kier molecular flexibility index (Phi) is 5.76. The molecular weight excluding hydrogens is 390 g/mol. The molecule has 0 atom stereocenters. The zero-order valence-corrected chi connectivity index (χ0v) is 18.6. The highest BCUT2D eigenvalue weighted by molar-refractivity contribution is 6.08. The van der Waals surface area contributed by atoms with Crippen molar-refractivity contribution in [2.24, 2.45) is 7.05 Å². The third-order valence-electron chi connectivity index (χ3n) is 5.75. The average Bonchev–Trinajstić information content (AvgIpc) is 3.55. The number of amides is 2. The van der Waals surface area contributed by atoms with Gasteiger partial charge >= 0.3 is 0 Å². The maximum absolute atomic E-state index is 13.6. The van der Waals surface area contributed by atoms with Crippen LogP contribution in [0.25, 0.3) is 11.0 Å². The molecule has 2 amide bonds. The van der Waals surface area contributed by atoms with Gasteiger partial charge in [0.25, 0.3) is 5.91 Å². The van der Waals surface area contributed by atoms with Crippen molar-refractivity contribution in [2.75, 3.05) is 18.4 Å². The van der Waals surface area contributed by atoms with E-state index in [1.165, 1.54) is 0 Å². The second kappa shape index (κ2) is 8.49. The van der Waals surface area contributed by atoms with Gasteiger partial charge in [0, 0.05) is 30.9 Å². The van der Waals surface area contributed by atoms with Crippen LogP contribution in [0.1, 0.15) is 59.4 Å². The number of aromatic nitrogens is 3. The molecule has 0 saturated heterocycles. The molecule has 2 aromatic heterocycles. The van der Waals surface area contributed by atoms with Gasteiger partial charge in [0.2, 0.25) is 5.91 Å². The SMILES string of the molecule is CCCN(CC(=O)Nc1ccccc1C)C(=O)c1cc(C2CC2)nc2c1c(C)nn2C. The Bertz CT molecular complexity index is 1150. The lowest BCUT2D eigenvalue weighted by atomic mass is 10.1. The molecule has 1 aliphatic rings. The fraction of sp³-hybridized carbons (Fsp3) is 0.417. The Morgan fingerprint density at radius 2 is 1.97 bits per heavy atom. The third-order valence-corrected chi connectivity index (χ3v) is 5.75. The minimum atomic E-state index is -0.202. The molecule has 7 heteroatoms. The molecule has 4 rings (SSSR count). The molecule has 1 fully saturated rings. The summed E-state index contributed by atoms with van der Waals surface area (Å²) >= 11 is 0. The minimum absolute atomic E-state index is 0.00287. The number of anilines is 1. The molecule has 1 N–H and O–H groups in total. The number of fused-ring (bicyclic) bond motifs is 1. The number of hydrogen-bond donors (Lipinski definition) is 1. The fourth-order valence-electron chi connectivity index (χ4n) is 3.99. The maximum Gasteiger partial charge on any atom is 0.255 e. The topological polar surface area (TPSA) is 80.1 Å². The normalized spacial score (nSPS) is 13.4. The van der Waals surface area contributed by atoms with Gasteiger partial charge < -0.3 is 10.2 Å². The summed E-state index contributed by atoms with van der Waals surface area (Å²) in [4.78, 5) is 32.8. The van der Waals surface area contributed by atoms with Crippen molar-refractivity contribution in [3.05, 3.63) is 52.8 Å². The molecule has 0 unspecified atom stereocenters. The highest BCUT2D eigenvalue weighted by Gasteiger charge is 2.30. The zero-order chi connectivity index (χ0) is 22.1. The number of nitrogens with zero attached hydrogens (tertiary/aromatic N) is 4. The number of nitrogens with one attached hydrogen (secondary N) is 1. The second-order valence-electron chi connectivity index (χ2n) is 8.37. The highest BCUT2D eigenvalue weighted by Crippen LogP contribution is 2.40. The van der Waals surface area contributed by atoms with E-state index in [-0.39, 0.29) is 18.4 Å². The van der Waals surface area contributed by atoms with Gasteiger partial charge in [0.1, 0.15) is 6.54 Å². The maximum atomic E-state index is 13.6. The number of pyridine rings is 1. The number of aryl methyl sites for hydroxylation is 3. The van der Waals surface area contributed by atoms with E-state index in [4.69, 9.17) is 4.98 Å². The molecule has 0 aliphatic heterocycles. The lowest BCUT2D eigenvalue weighted by molar-refractivity contribution is -0.116. The summed E-state index contributed by atoms with van der Waals surface area (Å²) in [6.45, 7) is 6.35. The van der Waals surface area contributed by atoms with Crippen LogP contribution in [0.15, 0.2) is 30.3 Å². The van der Waals surface area contributed by atoms with Gasteiger partial charge in [0.05, 0.1) is 16.6 Å². The number of hydrogen-bond acceptors (Lipinski definition) is 4. The smallest absolute Gasteiger partial charge is 0.255 e. The summed E-state index contributed by atoms with van der Waals surface area (Å²) < 4.78 is 1.74. The van der Waals surface area contributed by atoms with Crippen molar-refractivity contribution in [3.63, 3.8) is 0 Å². The van der Waals surface area contributed by atoms with Crippen LogP contribution in [0.2, 0.25) is 0 Å². The second-order valence-corrected chi connectivity index (χ2v) is 8.37. The van der Waals surface area contributed by atoms with Crippen molar-refractivity contribution in [1.29, 1.82) is 0 Å². The molecule has 0 spiro atoms. The first-order valence-electron chi connectivity index (χ1n) is 10.9. The van der Waals surface area contributed by atoms with Crippen molar-refractivity contribution in [3.8, 4) is 0 Å². The van der Waals surface area contributed by atoms with E-state index in [1.54, 1.807) is 9.58 Å². The van der Waals surface area contributed by atoms with E-state index in [9.17, 15) is 9.59 Å². The van der Waals surface area contributed by atoms with Gasteiger partial charge in [-0.25, -0.2) is 4.98 Å². The van der Waals surface area contributed by atoms with E-state index in [0.29, 0.717) is 18.0 Å². The van der Waals surface area contributed by atoms with Crippen LogP contribution in [0.3, 0.4) is 0 Å². The monoisotopic (exact) mass is 419 g/mol. The standard InChI is InChI=1S/C24H29N5O2/c1-5-12-29(14-21(30)25-19-9-7-6-8-15(19)2)24(31)18-13-20(17-10-11-17)26-23-22(18)16(3)27-28(23)4/h6-9,13,17H,5,10-12,14H2,1-4H3,(H,25,30). The predicted octanol–water partition coefficient (Wildman–Crippen LogP) is 3.95. The first-order chi connectivity index (χ1) is 14.9. The predicted molar refractivity (Wildman–Crippen MR) is 121 cm³/mol. The first kappa shape index (κ1) is 21.0. The van der Waals surface area contributed by atoms with E-state index < -0.39 is 0 Å². The van der Waals surface area contributed by atoms with E-state index in [2.05, 4.69) is 10.4 Å². The summed E-state index contributed by atoms with van der Waals surface area (Å²) in [5.41, 5.74) is 4.79. The van der Waals surface area contributed by atoms with Crippen molar-refractivity contribution < 1.29 is 9.59 Å². The lowest BCUT2D eigenvalue weighted by Gasteiger charge is -2.22. The molecule has 7 nitrogen and oxygen atoms in total. The van der Waals surface area contributed by atoms with Gasteiger partial charge in [-0.2, -0.15) is 5.10 Å². The summed E-state index contributed by atoms with van der Waals surface area (Å²) in [5, 5.41) is 8.20. The van der Waals surface area contributed by atoms with Gasteiger partial charge in [-0.15, -0.1) is 0 Å². The van der Waals surface area contributed by atoms with Gasteiger partial charge in [-0.1, -0.05) is 25.1 Å². The Hall–Kier alpha value is -3.22. The number of carbonyl (C=O) groups excluding carboxylic acids is 2. The third kappa shape index (κ3) is 4.31. The zero-order valence-electron chi connectivity index (χ0n) is 18.6. The molecule has 1 aliphatic carbocycles. The van der Waals surface area contributed by atoms with E-state index in [1.807, 2.05) is 58.2 Å². The first-order valence-corrected chi connectivity index (χ1v) is 10.9. The largest absolute Gasteiger partial charge is 0.329 e. The Morgan fingerprint density at radius 3 is 2.65 bits per heavy atom. The van der Waals surface area contributed by atoms with Crippen LogP contribution in [0, 0.1) is 13.8 Å². The van der Waals surface area contributed by atoms with Crippen LogP contribution >= 0.6 is 0 Å². The molecule has 1 aromatic carbocycles. The van der Waals surface area contributed by atoms with E-state index in [0.717, 1.165) is 52.9 Å². The summed E-state index contributed by atoms with van der Waals surface area (Å²) in [5.74, 6) is 0.0639. The van der Waals surface area contributed by atoms with Gasteiger partial charge in [-0.05, 0) is 50.8 Å². The van der Waals surface area contributed by atoms with Crippen LogP contribution in [0.4, 0.5) is 5.69 Å². The van der Waals surface area contributed by atoms with Crippen LogP contribution < -0.4 is 5.32 Å². The fourth-order valence-corrected chi connectivity index (χ4v) is 3.99. The molecule has 0 radical (unpaired) electrons. The minimum Gasteiger partial charge on any atom is -0.329 e. The van der Waals surface area contributed by atoms with Gasteiger partial charge in [-0.3, -0.25) is 14.3 Å². The molecule has 2 heterocycles. The number of para-hydroxylation sites is 1. The average molecular weight is 420 g/mol. The van der Waals surface area contributed by atoms with Crippen LogP contribution in [0.5, 0.6) is 0 Å². The summed E-state index contributed by atoms with van der Waals surface area (Å²) in [6, 6.07) is 9.55. The Morgan fingerprint density at radius 1 is 1.23 bits per heavy atom. The number of rotatable bonds is 7. The summed E-state index contributed by atoms with van der Waals surface area (Å²) in [7, 11) is 1.85. The molecule has 0 bridgehead atoms.